The van der Waals surface area contributed by atoms with Crippen molar-refractivity contribution in [3.63, 3.8) is 0 Å². The minimum absolute atomic E-state index is 0.0141. The summed E-state index contributed by atoms with van der Waals surface area (Å²) in [6.45, 7) is 6.91. The predicted octanol–water partition coefficient (Wildman–Crippen LogP) is -0.158. The van der Waals surface area contributed by atoms with Gasteiger partial charge in [-0.25, -0.2) is 4.79 Å². The second kappa shape index (κ2) is 10.7. The number of hydrogen-bond donors (Lipinski definition) is 1. The molecule has 11 nitrogen and oxygen atoms in total. The zero-order valence-electron chi connectivity index (χ0n) is 17.3. The van der Waals surface area contributed by atoms with Gasteiger partial charge in [0, 0.05) is 27.2 Å². The second-order valence-electron chi connectivity index (χ2n) is 6.89. The molecule has 11 heteroatoms. The van der Waals surface area contributed by atoms with Crippen molar-refractivity contribution < 1.29 is 47.7 Å². The maximum absolute atomic E-state index is 12.2. The molecule has 0 aromatic heterocycles. The van der Waals surface area contributed by atoms with E-state index in [0.717, 1.165) is 27.9 Å². The number of ether oxygens (including phenoxy) is 5. The molecule has 0 bridgehead atoms. The Hall–Kier alpha value is -2.69. The number of nitrogens with one attached hydrogen (secondary N) is 1. The molecule has 0 aromatic carbocycles. The topological polar surface area (TPSA) is 144 Å². The van der Waals surface area contributed by atoms with Crippen LogP contribution in [0, 0.1) is 5.92 Å². The molecular weight excluding hydrogens is 390 g/mol. The fourth-order valence-corrected chi connectivity index (χ4v) is 2.82. The van der Waals surface area contributed by atoms with E-state index in [-0.39, 0.29) is 12.3 Å². The molecule has 1 heterocycles. The van der Waals surface area contributed by atoms with Gasteiger partial charge < -0.3 is 29.0 Å². The van der Waals surface area contributed by atoms with E-state index in [1.165, 1.54) is 0 Å². The van der Waals surface area contributed by atoms with Crippen LogP contribution in [-0.4, -0.2) is 67.5 Å². The van der Waals surface area contributed by atoms with E-state index < -0.39 is 60.4 Å². The highest BCUT2D eigenvalue weighted by Gasteiger charge is 2.55. The van der Waals surface area contributed by atoms with Gasteiger partial charge in [0.1, 0.15) is 0 Å². The maximum atomic E-state index is 12.2. The average Bonchev–Trinajstić information content (AvgIpc) is 2.57. The highest BCUT2D eigenvalue weighted by atomic mass is 16.7. The third-order valence-corrected chi connectivity index (χ3v) is 3.77. The lowest BCUT2D eigenvalue weighted by Crippen LogP contribution is -2.67. The number of carbonyl (C=O) groups excluding carboxylic acids is 5. The smallest absolute Gasteiger partial charge is 0.339 e. The van der Waals surface area contributed by atoms with Gasteiger partial charge in [0.25, 0.3) is 0 Å². The van der Waals surface area contributed by atoms with Gasteiger partial charge >= 0.3 is 23.9 Å². The van der Waals surface area contributed by atoms with E-state index >= 15 is 0 Å². The lowest BCUT2D eigenvalue weighted by Gasteiger charge is -2.43. The summed E-state index contributed by atoms with van der Waals surface area (Å²) >= 11 is 0. The minimum Gasteiger partial charge on any atom is -0.467 e. The van der Waals surface area contributed by atoms with Crippen LogP contribution in [0.25, 0.3) is 0 Å². The summed E-state index contributed by atoms with van der Waals surface area (Å²) < 4.78 is 25.8. The van der Waals surface area contributed by atoms with E-state index in [9.17, 15) is 24.0 Å². The number of methoxy groups -OCH3 is 1. The van der Waals surface area contributed by atoms with Crippen molar-refractivity contribution in [2.24, 2.45) is 5.92 Å². The van der Waals surface area contributed by atoms with Crippen LogP contribution >= 0.6 is 0 Å². The first-order valence-corrected chi connectivity index (χ1v) is 9.00. The molecule has 1 fully saturated rings. The van der Waals surface area contributed by atoms with E-state index in [1.807, 2.05) is 13.8 Å². The number of rotatable bonds is 7. The SMILES string of the molecule is COC(=O)[C@H]1O[C@@H](NC(=O)CC(C)C)[C@H](OC(C)=O)[C@@H](OC(C)=O)[C@@H]1OC(C)=O. The number of amides is 1. The Morgan fingerprint density at radius 1 is 0.862 bits per heavy atom. The molecule has 29 heavy (non-hydrogen) atoms. The van der Waals surface area contributed by atoms with Crippen molar-refractivity contribution in [1.29, 1.82) is 0 Å². The minimum atomic E-state index is -1.54. The Bertz CT molecular complexity index is 647. The van der Waals surface area contributed by atoms with Crippen molar-refractivity contribution in [1.82, 2.24) is 5.32 Å². The zero-order valence-corrected chi connectivity index (χ0v) is 17.3. The number of hydrogen-bond acceptors (Lipinski definition) is 10. The molecule has 0 unspecified atom stereocenters. The highest BCUT2D eigenvalue weighted by molar-refractivity contribution is 5.78. The third-order valence-electron chi connectivity index (χ3n) is 3.77. The molecule has 164 valence electrons. The molecule has 1 aliphatic rings. The molecule has 1 rings (SSSR count). The van der Waals surface area contributed by atoms with Crippen LogP contribution in [0.15, 0.2) is 0 Å². The summed E-state index contributed by atoms with van der Waals surface area (Å²) in [4.78, 5) is 59.3. The Balaban J connectivity index is 3.36. The first kappa shape index (κ1) is 24.3. The Morgan fingerprint density at radius 2 is 1.34 bits per heavy atom. The quantitative estimate of drug-likeness (QED) is 0.438. The van der Waals surface area contributed by atoms with E-state index in [4.69, 9.17) is 18.9 Å². The molecule has 1 saturated heterocycles. The monoisotopic (exact) mass is 417 g/mol. The van der Waals surface area contributed by atoms with Crippen molar-refractivity contribution in [3.8, 4) is 0 Å². The van der Waals surface area contributed by atoms with E-state index in [1.54, 1.807) is 0 Å². The fourth-order valence-electron chi connectivity index (χ4n) is 2.82. The molecule has 0 aromatic rings. The van der Waals surface area contributed by atoms with Gasteiger partial charge in [-0.3, -0.25) is 19.2 Å². The second-order valence-corrected chi connectivity index (χ2v) is 6.89. The molecule has 0 saturated carbocycles. The largest absolute Gasteiger partial charge is 0.467 e. The summed E-state index contributed by atoms with van der Waals surface area (Å²) in [6.07, 6.45) is -7.04. The Labute approximate surface area is 168 Å². The predicted molar refractivity (Wildman–Crippen MR) is 94.9 cm³/mol. The maximum Gasteiger partial charge on any atom is 0.339 e. The average molecular weight is 417 g/mol. The third kappa shape index (κ3) is 7.33. The van der Waals surface area contributed by atoms with Gasteiger partial charge in [0.2, 0.25) is 5.91 Å². The van der Waals surface area contributed by atoms with Crippen LogP contribution in [0.3, 0.4) is 0 Å². The zero-order chi connectivity index (χ0) is 22.3. The van der Waals surface area contributed by atoms with Crippen molar-refractivity contribution >= 4 is 29.8 Å². The lowest BCUT2D eigenvalue weighted by molar-refractivity contribution is -0.252. The molecule has 0 spiro atoms. The highest BCUT2D eigenvalue weighted by Crippen LogP contribution is 2.28. The van der Waals surface area contributed by atoms with Crippen LogP contribution < -0.4 is 5.32 Å². The summed E-state index contributed by atoms with van der Waals surface area (Å²) in [7, 11) is 1.09. The molecule has 0 aliphatic carbocycles. The van der Waals surface area contributed by atoms with E-state index in [0.29, 0.717) is 0 Å². The molecular formula is C18H27NO10. The molecule has 1 amide bonds. The summed E-state index contributed by atoms with van der Waals surface area (Å²) in [5.74, 6) is -3.72. The lowest BCUT2D eigenvalue weighted by atomic mass is 9.96. The van der Waals surface area contributed by atoms with Gasteiger partial charge in [-0.1, -0.05) is 13.8 Å². The van der Waals surface area contributed by atoms with Crippen LogP contribution in [0.2, 0.25) is 0 Å². The first-order chi connectivity index (χ1) is 13.5. The van der Waals surface area contributed by atoms with Crippen molar-refractivity contribution in [2.75, 3.05) is 7.11 Å². The van der Waals surface area contributed by atoms with Gasteiger partial charge in [-0.15, -0.1) is 0 Å². The summed E-state index contributed by atoms with van der Waals surface area (Å²) in [6, 6.07) is 0. The van der Waals surface area contributed by atoms with Crippen LogP contribution in [0.5, 0.6) is 0 Å². The van der Waals surface area contributed by atoms with Gasteiger partial charge in [0.05, 0.1) is 7.11 Å². The van der Waals surface area contributed by atoms with E-state index in [2.05, 4.69) is 10.1 Å². The standard InChI is InChI=1S/C18H27NO10/c1-8(2)7-12(23)19-17-15(28-11(5)22)13(26-9(3)20)14(27-10(4)21)16(29-17)18(24)25-6/h8,13-17H,7H2,1-6H3,(H,19,23)/t13-,14-,15+,16-,17+/m0/s1. The van der Waals surface area contributed by atoms with Crippen LogP contribution in [0.4, 0.5) is 0 Å². The Morgan fingerprint density at radius 3 is 1.79 bits per heavy atom. The van der Waals surface area contributed by atoms with Gasteiger partial charge in [-0.05, 0) is 5.92 Å². The van der Waals surface area contributed by atoms with Crippen LogP contribution in [0.1, 0.15) is 41.0 Å². The molecule has 5 atom stereocenters. The van der Waals surface area contributed by atoms with Gasteiger partial charge in [0.15, 0.2) is 30.6 Å². The molecule has 0 radical (unpaired) electrons. The van der Waals surface area contributed by atoms with Gasteiger partial charge in [-0.2, -0.15) is 0 Å². The van der Waals surface area contributed by atoms with Crippen molar-refractivity contribution in [3.05, 3.63) is 0 Å². The fraction of sp³-hybridized carbons (Fsp3) is 0.722. The van der Waals surface area contributed by atoms with Crippen LogP contribution in [-0.2, 0) is 47.7 Å². The summed E-state index contributed by atoms with van der Waals surface area (Å²) in [5.41, 5.74) is 0. The normalized spacial score (nSPS) is 26.2. The Kier molecular flexibility index (Phi) is 9.02. The number of carbonyl (C=O) groups is 5. The molecule has 1 N–H and O–H groups in total. The molecule has 1 aliphatic heterocycles. The summed E-state index contributed by atoms with van der Waals surface area (Å²) in [5, 5.41) is 2.51. The van der Waals surface area contributed by atoms with Crippen molar-refractivity contribution in [2.45, 2.75) is 71.7 Å². The first-order valence-electron chi connectivity index (χ1n) is 9.00. The number of esters is 4.